The number of benzene rings is 1. The van der Waals surface area contributed by atoms with Gasteiger partial charge in [0.15, 0.2) is 0 Å². The van der Waals surface area contributed by atoms with E-state index in [9.17, 15) is 10.1 Å². The number of hydrogen-bond acceptors (Lipinski definition) is 5. The molecule has 0 saturated heterocycles. The molecule has 0 aliphatic rings. The van der Waals surface area contributed by atoms with Crippen molar-refractivity contribution in [1.29, 1.82) is 0 Å². The Balaban J connectivity index is 2.31. The van der Waals surface area contributed by atoms with Crippen molar-refractivity contribution in [3.63, 3.8) is 0 Å². The van der Waals surface area contributed by atoms with E-state index in [1.54, 1.807) is 13.1 Å². The van der Waals surface area contributed by atoms with Crippen LogP contribution >= 0.6 is 0 Å². The number of H-pyrrole nitrogens is 1. The van der Waals surface area contributed by atoms with Gasteiger partial charge in [-0.25, -0.2) is 0 Å². The third kappa shape index (κ3) is 1.71. The first kappa shape index (κ1) is 11.3. The van der Waals surface area contributed by atoms with Crippen molar-refractivity contribution in [1.82, 2.24) is 9.97 Å². The second-order valence-electron chi connectivity index (χ2n) is 4.24. The van der Waals surface area contributed by atoms with Crippen molar-refractivity contribution in [2.75, 3.05) is 5.73 Å². The Hall–Kier alpha value is -2.83. The molecule has 0 saturated carbocycles. The summed E-state index contributed by atoms with van der Waals surface area (Å²) in [6, 6.07) is 3.45. The molecule has 0 fully saturated rings. The van der Waals surface area contributed by atoms with Gasteiger partial charge in [-0.2, -0.15) is 4.98 Å². The molecule has 0 aliphatic heterocycles. The van der Waals surface area contributed by atoms with Gasteiger partial charge in [0.05, 0.1) is 4.92 Å². The molecule has 3 N–H and O–H groups in total. The molecule has 3 aromatic rings. The summed E-state index contributed by atoms with van der Waals surface area (Å²) in [5.74, 6) is 0. The van der Waals surface area contributed by atoms with Crippen LogP contribution in [0.4, 0.5) is 11.7 Å². The zero-order valence-corrected chi connectivity index (χ0v) is 10.0. The maximum Gasteiger partial charge on any atom is 0.293 e. The van der Waals surface area contributed by atoms with Crippen LogP contribution in [0.1, 0.15) is 5.56 Å². The highest BCUT2D eigenvalue weighted by Gasteiger charge is 2.18. The number of aromatic nitrogens is 2. The molecule has 0 radical (unpaired) electrons. The molecule has 3 rings (SSSR count). The predicted octanol–water partition coefficient (Wildman–Crippen LogP) is 2.62. The van der Waals surface area contributed by atoms with E-state index < -0.39 is 4.92 Å². The fourth-order valence-electron chi connectivity index (χ4n) is 2.12. The van der Waals surface area contributed by atoms with Crippen LogP contribution in [-0.4, -0.2) is 14.9 Å². The SMILES string of the molecule is Cc1cc([N+](=O)[O-])c2[nH]cc(-c3coc(N)n3)c2c1. The van der Waals surface area contributed by atoms with Gasteiger partial charge in [-0.05, 0) is 18.6 Å². The number of nitro groups is 1. The number of nitro benzene ring substituents is 1. The van der Waals surface area contributed by atoms with Crippen LogP contribution in [0.3, 0.4) is 0 Å². The fourth-order valence-corrected chi connectivity index (χ4v) is 2.12. The second-order valence-corrected chi connectivity index (χ2v) is 4.24. The van der Waals surface area contributed by atoms with Gasteiger partial charge in [-0.3, -0.25) is 10.1 Å². The minimum Gasteiger partial charge on any atom is -0.432 e. The van der Waals surface area contributed by atoms with Crippen molar-refractivity contribution in [3.05, 3.63) is 40.3 Å². The highest BCUT2D eigenvalue weighted by molar-refractivity contribution is 5.99. The number of rotatable bonds is 2. The van der Waals surface area contributed by atoms with Crippen LogP contribution in [0.2, 0.25) is 0 Å². The molecule has 0 aliphatic carbocycles. The minimum atomic E-state index is -0.410. The van der Waals surface area contributed by atoms with Crippen LogP contribution in [0.5, 0.6) is 0 Å². The summed E-state index contributed by atoms with van der Waals surface area (Å²) in [4.78, 5) is 17.6. The summed E-state index contributed by atoms with van der Waals surface area (Å²) in [6.45, 7) is 1.81. The number of oxazole rings is 1. The molecule has 96 valence electrons. The first-order valence-electron chi connectivity index (χ1n) is 5.54. The van der Waals surface area contributed by atoms with Gasteiger partial charge in [-0.1, -0.05) is 0 Å². The van der Waals surface area contributed by atoms with Gasteiger partial charge in [0.1, 0.15) is 17.5 Å². The largest absolute Gasteiger partial charge is 0.432 e. The number of fused-ring (bicyclic) bond motifs is 1. The summed E-state index contributed by atoms with van der Waals surface area (Å²) in [6.07, 6.45) is 3.08. The van der Waals surface area contributed by atoms with Crippen molar-refractivity contribution in [2.24, 2.45) is 0 Å². The normalized spacial score (nSPS) is 11.0. The van der Waals surface area contributed by atoms with E-state index >= 15 is 0 Å². The molecule has 1 aromatic carbocycles. The number of nitrogens with zero attached hydrogens (tertiary/aromatic N) is 2. The van der Waals surface area contributed by atoms with Crippen molar-refractivity contribution in [3.8, 4) is 11.3 Å². The van der Waals surface area contributed by atoms with E-state index in [4.69, 9.17) is 10.2 Å². The van der Waals surface area contributed by atoms with E-state index in [1.165, 1.54) is 12.3 Å². The van der Waals surface area contributed by atoms with E-state index in [0.29, 0.717) is 11.2 Å². The molecule has 0 bridgehead atoms. The van der Waals surface area contributed by atoms with Gasteiger partial charge in [0.25, 0.3) is 11.7 Å². The number of non-ortho nitro benzene ring substituents is 1. The van der Waals surface area contributed by atoms with E-state index in [2.05, 4.69) is 9.97 Å². The number of aromatic amines is 1. The predicted molar refractivity (Wildman–Crippen MR) is 69.6 cm³/mol. The summed E-state index contributed by atoms with van der Waals surface area (Å²) in [5.41, 5.74) is 8.02. The highest BCUT2D eigenvalue weighted by Crippen LogP contribution is 2.34. The summed E-state index contributed by atoms with van der Waals surface area (Å²) < 4.78 is 4.96. The number of nitrogens with two attached hydrogens (primary N) is 1. The minimum absolute atomic E-state index is 0.0396. The van der Waals surface area contributed by atoms with Gasteiger partial charge in [0, 0.05) is 23.2 Å². The van der Waals surface area contributed by atoms with Crippen LogP contribution < -0.4 is 5.73 Å². The Morgan fingerprint density at radius 1 is 1.47 bits per heavy atom. The lowest BCUT2D eigenvalue weighted by atomic mass is 10.1. The molecule has 19 heavy (non-hydrogen) atoms. The van der Waals surface area contributed by atoms with Crippen LogP contribution in [0.15, 0.2) is 29.0 Å². The standard InChI is InChI=1S/C12H10N4O3/c1-6-2-7-8(9-5-19-12(13)15-9)4-14-11(7)10(3-6)16(17)18/h2-5,14H,1H3,(H2,13,15). The maximum absolute atomic E-state index is 11.0. The lowest BCUT2D eigenvalue weighted by Crippen LogP contribution is -1.90. The first-order chi connectivity index (χ1) is 9.06. The molecule has 7 nitrogen and oxygen atoms in total. The molecular weight excluding hydrogens is 248 g/mol. The Bertz CT molecular complexity index is 787. The topological polar surface area (TPSA) is 111 Å². The number of anilines is 1. The lowest BCUT2D eigenvalue weighted by molar-refractivity contribution is -0.383. The second kappa shape index (κ2) is 3.84. The third-order valence-electron chi connectivity index (χ3n) is 2.91. The Labute approximate surface area is 107 Å². The molecule has 2 aromatic heterocycles. The van der Waals surface area contributed by atoms with E-state index in [-0.39, 0.29) is 11.7 Å². The number of nitrogens with one attached hydrogen (secondary N) is 1. The van der Waals surface area contributed by atoms with Crippen molar-refractivity contribution >= 4 is 22.6 Å². The number of aryl methyl sites for hydroxylation is 1. The Morgan fingerprint density at radius 2 is 2.26 bits per heavy atom. The number of nitrogen functional groups attached to an aromatic ring is 1. The zero-order valence-electron chi connectivity index (χ0n) is 10.0. The molecule has 2 heterocycles. The first-order valence-corrected chi connectivity index (χ1v) is 5.54. The van der Waals surface area contributed by atoms with Gasteiger partial charge in [0.2, 0.25) is 0 Å². The zero-order chi connectivity index (χ0) is 13.6. The molecule has 0 amide bonds. The maximum atomic E-state index is 11.0. The smallest absolute Gasteiger partial charge is 0.293 e. The average molecular weight is 258 g/mol. The van der Waals surface area contributed by atoms with Crippen molar-refractivity contribution < 1.29 is 9.34 Å². The molecule has 7 heteroatoms. The monoisotopic (exact) mass is 258 g/mol. The highest BCUT2D eigenvalue weighted by atomic mass is 16.6. The van der Waals surface area contributed by atoms with Gasteiger partial charge in [-0.15, -0.1) is 0 Å². The summed E-state index contributed by atoms with van der Waals surface area (Å²) in [7, 11) is 0. The number of hydrogen-bond donors (Lipinski definition) is 2. The molecule has 0 atom stereocenters. The summed E-state index contributed by atoms with van der Waals surface area (Å²) in [5, 5.41) is 11.8. The Kier molecular flexibility index (Phi) is 2.28. The Morgan fingerprint density at radius 3 is 2.89 bits per heavy atom. The molecule has 0 unspecified atom stereocenters. The van der Waals surface area contributed by atoms with Gasteiger partial charge >= 0.3 is 0 Å². The summed E-state index contributed by atoms with van der Waals surface area (Å²) >= 11 is 0. The van der Waals surface area contributed by atoms with Crippen LogP contribution in [0, 0.1) is 17.0 Å². The van der Waals surface area contributed by atoms with Crippen LogP contribution in [-0.2, 0) is 0 Å². The third-order valence-corrected chi connectivity index (χ3v) is 2.91. The van der Waals surface area contributed by atoms with Crippen LogP contribution in [0.25, 0.3) is 22.2 Å². The van der Waals surface area contributed by atoms with E-state index in [0.717, 1.165) is 16.5 Å². The molecule has 0 spiro atoms. The van der Waals surface area contributed by atoms with Crippen molar-refractivity contribution in [2.45, 2.75) is 6.92 Å². The quantitative estimate of drug-likeness (QED) is 0.542. The average Bonchev–Trinajstić information content (AvgIpc) is 2.93. The van der Waals surface area contributed by atoms with Gasteiger partial charge < -0.3 is 15.1 Å². The van der Waals surface area contributed by atoms with E-state index in [1.807, 2.05) is 6.07 Å². The molecular formula is C12H10N4O3. The fraction of sp³-hybridized carbons (Fsp3) is 0.0833. The lowest BCUT2D eigenvalue weighted by Gasteiger charge is -1.98.